The van der Waals surface area contributed by atoms with Crippen LogP contribution in [0.2, 0.25) is 15.1 Å². The molecule has 0 aliphatic rings. The van der Waals surface area contributed by atoms with Crippen molar-refractivity contribution in [3.05, 3.63) is 98.7 Å². The predicted molar refractivity (Wildman–Crippen MR) is 116 cm³/mol. The number of aromatic amines is 1. The van der Waals surface area contributed by atoms with Crippen molar-refractivity contribution < 1.29 is 4.79 Å². The molecule has 0 aliphatic carbocycles. The highest BCUT2D eigenvalue weighted by Crippen LogP contribution is 2.30. The number of nitrogens with one attached hydrogen (secondary N) is 1. The van der Waals surface area contributed by atoms with Gasteiger partial charge in [-0.15, -0.1) is 0 Å². The molecule has 138 valence electrons. The number of allylic oxidation sites excluding steroid dienone is 1. The molecule has 4 aromatic rings. The Morgan fingerprint density at radius 3 is 2.21 bits per heavy atom. The van der Waals surface area contributed by atoms with Crippen LogP contribution in [0.4, 0.5) is 0 Å². The van der Waals surface area contributed by atoms with Crippen LogP contribution in [0, 0.1) is 0 Å². The van der Waals surface area contributed by atoms with E-state index in [4.69, 9.17) is 34.8 Å². The molecule has 0 fully saturated rings. The van der Waals surface area contributed by atoms with Crippen LogP contribution in [0.3, 0.4) is 0 Å². The third-order valence-electron chi connectivity index (χ3n) is 4.28. The Morgan fingerprint density at radius 1 is 0.857 bits per heavy atom. The molecule has 0 amide bonds. The minimum atomic E-state index is -0.216. The Labute approximate surface area is 176 Å². The van der Waals surface area contributed by atoms with Crippen LogP contribution in [0.15, 0.2) is 66.7 Å². The number of hydrogen-bond donors (Lipinski definition) is 1. The topological polar surface area (TPSA) is 45.8 Å². The number of fused-ring (bicyclic) bond motifs is 1. The van der Waals surface area contributed by atoms with E-state index in [1.54, 1.807) is 48.5 Å². The number of ketones is 1. The van der Waals surface area contributed by atoms with E-state index in [9.17, 15) is 4.79 Å². The van der Waals surface area contributed by atoms with Crippen molar-refractivity contribution in [2.24, 2.45) is 0 Å². The fraction of sp³-hybridized carbons (Fsp3) is 0. The summed E-state index contributed by atoms with van der Waals surface area (Å²) in [6.07, 6.45) is 1.67. The number of carbonyl (C=O) groups is 1. The van der Waals surface area contributed by atoms with Crippen LogP contribution in [-0.2, 0) is 0 Å². The molecule has 3 nitrogen and oxygen atoms in total. The first-order valence-corrected chi connectivity index (χ1v) is 9.57. The fourth-order valence-electron chi connectivity index (χ4n) is 2.87. The van der Waals surface area contributed by atoms with Crippen LogP contribution in [0.25, 0.3) is 22.7 Å². The third kappa shape index (κ3) is 3.69. The Morgan fingerprint density at radius 2 is 1.54 bits per heavy atom. The molecule has 0 saturated carbocycles. The lowest BCUT2D eigenvalue weighted by molar-refractivity contribution is 0.105. The Hall–Kier alpha value is -2.59. The quantitative estimate of drug-likeness (QED) is 0.283. The molecule has 0 aliphatic heterocycles. The average molecular weight is 428 g/mol. The molecule has 1 aromatic heterocycles. The third-order valence-corrected chi connectivity index (χ3v) is 5.20. The van der Waals surface area contributed by atoms with E-state index < -0.39 is 0 Å². The Balaban J connectivity index is 1.91. The highest BCUT2D eigenvalue weighted by Gasteiger charge is 2.19. The maximum absolute atomic E-state index is 13.3. The van der Waals surface area contributed by atoms with Gasteiger partial charge in [0.1, 0.15) is 5.82 Å². The van der Waals surface area contributed by atoms with Crippen LogP contribution in [0.1, 0.15) is 21.7 Å². The van der Waals surface area contributed by atoms with Gasteiger partial charge in [-0.2, -0.15) is 0 Å². The average Bonchev–Trinajstić information content (AvgIpc) is 3.12. The second kappa shape index (κ2) is 7.80. The molecule has 0 spiro atoms. The minimum absolute atomic E-state index is 0.216. The van der Waals surface area contributed by atoms with Crippen LogP contribution >= 0.6 is 34.8 Å². The number of benzene rings is 3. The monoisotopic (exact) mass is 426 g/mol. The van der Waals surface area contributed by atoms with Crippen molar-refractivity contribution in [2.45, 2.75) is 0 Å². The summed E-state index contributed by atoms with van der Waals surface area (Å²) in [5, 5.41) is 1.45. The summed E-state index contributed by atoms with van der Waals surface area (Å²) < 4.78 is 0. The molecule has 1 heterocycles. The van der Waals surface area contributed by atoms with E-state index in [1.807, 2.05) is 24.3 Å². The van der Waals surface area contributed by atoms with Gasteiger partial charge >= 0.3 is 0 Å². The van der Waals surface area contributed by atoms with Gasteiger partial charge in [-0.3, -0.25) is 4.79 Å². The number of para-hydroxylation sites is 2. The first-order chi connectivity index (χ1) is 13.5. The molecule has 0 saturated heterocycles. The normalized spacial score (nSPS) is 11.8. The molecular formula is C22H13Cl3N2O. The van der Waals surface area contributed by atoms with Gasteiger partial charge in [-0.1, -0.05) is 53.0 Å². The van der Waals surface area contributed by atoms with Crippen molar-refractivity contribution >= 4 is 63.3 Å². The largest absolute Gasteiger partial charge is 0.338 e. The number of aromatic nitrogens is 2. The number of halogens is 3. The zero-order chi connectivity index (χ0) is 19.7. The predicted octanol–water partition coefficient (Wildman–Crippen LogP) is 6.95. The number of imidazole rings is 1. The van der Waals surface area contributed by atoms with Gasteiger partial charge in [-0.05, 0) is 54.6 Å². The number of hydrogen-bond acceptors (Lipinski definition) is 2. The summed E-state index contributed by atoms with van der Waals surface area (Å²) in [6, 6.07) is 19.5. The van der Waals surface area contributed by atoms with Crippen molar-refractivity contribution in [2.75, 3.05) is 0 Å². The van der Waals surface area contributed by atoms with Gasteiger partial charge in [-0.25, -0.2) is 4.98 Å². The summed E-state index contributed by atoms with van der Waals surface area (Å²) >= 11 is 18.6. The maximum atomic E-state index is 13.3. The van der Waals surface area contributed by atoms with Crippen LogP contribution < -0.4 is 0 Å². The van der Waals surface area contributed by atoms with Crippen LogP contribution in [-0.4, -0.2) is 15.8 Å². The van der Waals surface area contributed by atoms with Crippen molar-refractivity contribution in [3.8, 4) is 0 Å². The lowest BCUT2D eigenvalue weighted by Gasteiger charge is -2.07. The lowest BCUT2D eigenvalue weighted by Crippen LogP contribution is -2.04. The molecule has 0 unspecified atom stereocenters. The molecule has 3 aromatic carbocycles. The number of H-pyrrole nitrogens is 1. The Kier molecular flexibility index (Phi) is 5.23. The lowest BCUT2D eigenvalue weighted by atomic mass is 10.0. The van der Waals surface area contributed by atoms with Crippen LogP contribution in [0.5, 0.6) is 0 Å². The fourth-order valence-corrected chi connectivity index (χ4v) is 3.50. The van der Waals surface area contributed by atoms with Crippen molar-refractivity contribution in [3.63, 3.8) is 0 Å². The number of carbonyl (C=O) groups excluding carboxylic acids is 1. The van der Waals surface area contributed by atoms with Gasteiger partial charge in [0.05, 0.1) is 16.6 Å². The summed E-state index contributed by atoms with van der Waals surface area (Å²) in [7, 11) is 0. The summed E-state index contributed by atoms with van der Waals surface area (Å²) in [6.45, 7) is 0. The van der Waals surface area contributed by atoms with Gasteiger partial charge in [0, 0.05) is 26.2 Å². The van der Waals surface area contributed by atoms with E-state index >= 15 is 0 Å². The maximum Gasteiger partial charge on any atom is 0.196 e. The number of Topliss-reactive ketones (excluding diaryl/α,β-unsaturated/α-hetero) is 1. The molecule has 4 rings (SSSR count). The van der Waals surface area contributed by atoms with E-state index in [1.165, 1.54) is 0 Å². The zero-order valence-electron chi connectivity index (χ0n) is 14.4. The SMILES string of the molecule is O=C(/C(=C\c1c(Cl)cccc1Cl)c1nc2ccccc2[nH]1)c1ccc(Cl)cc1. The molecule has 0 radical (unpaired) electrons. The summed E-state index contributed by atoms with van der Waals surface area (Å²) in [5.41, 5.74) is 2.99. The van der Waals surface area contributed by atoms with Gasteiger partial charge in [0.25, 0.3) is 0 Å². The first kappa shape index (κ1) is 18.8. The van der Waals surface area contributed by atoms with Gasteiger partial charge in [0.2, 0.25) is 0 Å². The second-order valence-corrected chi connectivity index (χ2v) is 7.38. The molecule has 1 N–H and O–H groups in total. The standard InChI is InChI=1S/C22H13Cl3N2O/c23-14-10-8-13(9-11-14)21(28)16(12-15-17(24)4-3-5-18(15)25)22-26-19-6-1-2-7-20(19)27-22/h1-12H,(H,26,27)/b16-12+. The van der Waals surface area contributed by atoms with Crippen molar-refractivity contribution in [1.82, 2.24) is 9.97 Å². The van der Waals surface area contributed by atoms with Gasteiger partial charge in [0.15, 0.2) is 5.78 Å². The van der Waals surface area contributed by atoms with E-state index in [0.717, 1.165) is 11.0 Å². The molecular weight excluding hydrogens is 415 g/mol. The first-order valence-electron chi connectivity index (χ1n) is 8.44. The Bertz CT molecular complexity index is 1160. The van der Waals surface area contributed by atoms with Crippen molar-refractivity contribution in [1.29, 1.82) is 0 Å². The van der Waals surface area contributed by atoms with Gasteiger partial charge < -0.3 is 4.98 Å². The summed E-state index contributed by atoms with van der Waals surface area (Å²) in [5.74, 6) is 0.226. The minimum Gasteiger partial charge on any atom is -0.338 e. The molecule has 6 heteroatoms. The van der Waals surface area contributed by atoms with E-state index in [2.05, 4.69) is 9.97 Å². The summed E-state index contributed by atoms with van der Waals surface area (Å²) in [4.78, 5) is 21.1. The number of nitrogens with zero attached hydrogens (tertiary/aromatic N) is 1. The highest BCUT2D eigenvalue weighted by molar-refractivity contribution is 6.39. The highest BCUT2D eigenvalue weighted by atomic mass is 35.5. The second-order valence-electron chi connectivity index (χ2n) is 6.13. The van der Waals surface area contributed by atoms with E-state index in [0.29, 0.717) is 37.6 Å². The zero-order valence-corrected chi connectivity index (χ0v) is 16.7. The smallest absolute Gasteiger partial charge is 0.196 e. The molecule has 0 atom stereocenters. The number of rotatable bonds is 4. The molecule has 0 bridgehead atoms. The molecule has 28 heavy (non-hydrogen) atoms. The van der Waals surface area contributed by atoms with E-state index in [-0.39, 0.29) is 5.78 Å².